The predicted octanol–water partition coefficient (Wildman–Crippen LogP) is 8.15. The maximum atomic E-state index is 2.50. The smallest absolute Gasteiger partial charge is 0.0409 e. The van der Waals surface area contributed by atoms with Gasteiger partial charge in [-0.15, -0.1) is 0 Å². The summed E-state index contributed by atoms with van der Waals surface area (Å²) in [6, 6.07) is 0. The largest absolute Gasteiger partial charge is 0.319 e. The van der Waals surface area contributed by atoms with Crippen molar-refractivity contribution in [3.8, 4) is 0 Å². The first kappa shape index (κ1) is 22.5. The van der Waals surface area contributed by atoms with Crippen LogP contribution < -0.4 is 0 Å². The Morgan fingerprint density at radius 3 is 2.31 bits per heavy atom. The van der Waals surface area contributed by atoms with E-state index in [1.807, 2.05) is 0 Å². The molecular weight excluding hydrogens is 314 g/mol. The van der Waals surface area contributed by atoms with Crippen LogP contribution in [0.2, 0.25) is 0 Å². The first-order valence-corrected chi connectivity index (χ1v) is 10.4. The number of nitrogens with zero attached hydrogens (tertiary/aromatic N) is 1. The van der Waals surface area contributed by atoms with Gasteiger partial charge in [0.1, 0.15) is 0 Å². The molecule has 1 rings (SSSR count). The Kier molecular flexibility index (Phi) is 9.19. The number of hydrogen-bond donors (Lipinski definition) is 0. The highest BCUT2D eigenvalue weighted by Crippen LogP contribution is 2.41. The van der Waals surface area contributed by atoms with Crippen molar-refractivity contribution >= 4 is 0 Å². The van der Waals surface area contributed by atoms with Gasteiger partial charge in [-0.2, -0.15) is 0 Å². The number of hydrogen-bond acceptors (Lipinski definition) is 1. The van der Waals surface area contributed by atoms with Crippen molar-refractivity contribution in [3.63, 3.8) is 0 Å². The van der Waals surface area contributed by atoms with Crippen molar-refractivity contribution in [1.29, 1.82) is 0 Å². The van der Waals surface area contributed by atoms with E-state index in [1.165, 1.54) is 41.9 Å². The van der Waals surface area contributed by atoms with Crippen molar-refractivity contribution in [2.75, 3.05) is 0 Å². The molecule has 0 spiro atoms. The lowest BCUT2D eigenvalue weighted by Crippen LogP contribution is -2.29. The van der Waals surface area contributed by atoms with Crippen LogP contribution in [-0.4, -0.2) is 4.90 Å². The monoisotopic (exact) mass is 355 g/mol. The fourth-order valence-corrected chi connectivity index (χ4v) is 3.62. The molecule has 0 aromatic rings. The highest BCUT2D eigenvalue weighted by atomic mass is 15.2. The zero-order chi connectivity index (χ0) is 19.7. The van der Waals surface area contributed by atoms with Crippen LogP contribution in [0.1, 0.15) is 87.5 Å². The summed E-state index contributed by atoms with van der Waals surface area (Å²) in [4.78, 5) is 2.49. The zero-order valence-corrected chi connectivity index (χ0v) is 18.5. The molecule has 1 unspecified atom stereocenters. The van der Waals surface area contributed by atoms with E-state index in [0.29, 0.717) is 5.41 Å². The third-order valence-corrected chi connectivity index (χ3v) is 5.84. The highest BCUT2D eigenvalue weighted by Gasteiger charge is 2.30. The number of rotatable bonds is 8. The van der Waals surface area contributed by atoms with E-state index in [0.717, 1.165) is 18.8 Å². The van der Waals surface area contributed by atoms with Gasteiger partial charge in [0.15, 0.2) is 0 Å². The molecule has 0 saturated carbocycles. The summed E-state index contributed by atoms with van der Waals surface area (Å²) in [6.45, 7) is 18.0. The second kappa shape index (κ2) is 10.6. The molecule has 1 aliphatic carbocycles. The molecule has 0 aromatic carbocycles. The van der Waals surface area contributed by atoms with Gasteiger partial charge in [-0.25, -0.2) is 0 Å². The van der Waals surface area contributed by atoms with E-state index >= 15 is 0 Å². The fourth-order valence-electron chi connectivity index (χ4n) is 3.62. The van der Waals surface area contributed by atoms with Crippen LogP contribution in [0.15, 0.2) is 59.1 Å². The van der Waals surface area contributed by atoms with E-state index in [-0.39, 0.29) is 0 Å². The maximum Gasteiger partial charge on any atom is 0.0409 e. The van der Waals surface area contributed by atoms with E-state index in [9.17, 15) is 0 Å². The average molecular weight is 356 g/mol. The van der Waals surface area contributed by atoms with Crippen molar-refractivity contribution in [3.05, 3.63) is 59.1 Å². The summed E-state index contributed by atoms with van der Waals surface area (Å²) in [6.07, 6.45) is 19.6. The molecule has 0 aliphatic heterocycles. The topological polar surface area (TPSA) is 3.24 Å². The van der Waals surface area contributed by atoms with Crippen molar-refractivity contribution in [2.24, 2.45) is 11.3 Å². The molecule has 0 bridgehead atoms. The summed E-state index contributed by atoms with van der Waals surface area (Å²) in [5.41, 5.74) is 5.89. The number of allylic oxidation sites excluding steroid dienone is 9. The van der Waals surface area contributed by atoms with Crippen LogP contribution in [0.5, 0.6) is 0 Å². The Balaban J connectivity index is 3.26. The van der Waals surface area contributed by atoms with Gasteiger partial charge < -0.3 is 4.90 Å². The summed E-state index contributed by atoms with van der Waals surface area (Å²) in [5.74, 6) is 0.792. The summed E-state index contributed by atoms with van der Waals surface area (Å²) in [5, 5.41) is 0. The van der Waals surface area contributed by atoms with Gasteiger partial charge in [0.05, 0.1) is 0 Å². The SMILES string of the molecule is C/C=C\C(=C/C)N(C1=CCC(C(C)(C)CC)CC1)/C(=C/C=C(C)C)CC. The minimum Gasteiger partial charge on any atom is -0.319 e. The Bertz CT molecular complexity index is 592. The Morgan fingerprint density at radius 1 is 1.19 bits per heavy atom. The lowest BCUT2D eigenvalue weighted by atomic mass is 9.71. The van der Waals surface area contributed by atoms with Crippen molar-refractivity contribution in [2.45, 2.75) is 87.5 Å². The normalized spacial score (nSPS) is 19.5. The van der Waals surface area contributed by atoms with Crippen molar-refractivity contribution < 1.29 is 0 Å². The van der Waals surface area contributed by atoms with E-state index < -0.39 is 0 Å². The van der Waals surface area contributed by atoms with Crippen LogP contribution in [0.3, 0.4) is 0 Å². The average Bonchev–Trinajstić information content (AvgIpc) is 2.63. The van der Waals surface area contributed by atoms with Crippen molar-refractivity contribution in [1.82, 2.24) is 4.90 Å². The molecule has 1 nitrogen and oxygen atoms in total. The molecule has 1 aliphatic rings. The second-order valence-electron chi connectivity index (χ2n) is 8.31. The third-order valence-electron chi connectivity index (χ3n) is 5.84. The molecule has 1 heteroatoms. The molecule has 0 N–H and O–H groups in total. The maximum absolute atomic E-state index is 2.50. The summed E-state index contributed by atoms with van der Waals surface area (Å²) in [7, 11) is 0. The Hall–Kier alpha value is -1.50. The van der Waals surface area contributed by atoms with Crippen LogP contribution in [-0.2, 0) is 0 Å². The Morgan fingerprint density at radius 2 is 1.88 bits per heavy atom. The molecule has 26 heavy (non-hydrogen) atoms. The first-order chi connectivity index (χ1) is 12.3. The van der Waals surface area contributed by atoms with E-state index in [4.69, 9.17) is 0 Å². The van der Waals surface area contributed by atoms with Crippen LogP contribution >= 0.6 is 0 Å². The van der Waals surface area contributed by atoms with Gasteiger partial charge in [0.25, 0.3) is 0 Å². The molecule has 0 heterocycles. The van der Waals surface area contributed by atoms with Gasteiger partial charge in [0, 0.05) is 17.1 Å². The molecule has 0 aromatic heterocycles. The Labute approximate surface area is 163 Å². The van der Waals surface area contributed by atoms with Gasteiger partial charge >= 0.3 is 0 Å². The van der Waals surface area contributed by atoms with E-state index in [2.05, 4.69) is 96.7 Å². The van der Waals surface area contributed by atoms with Gasteiger partial charge in [-0.1, -0.05) is 64.0 Å². The fraction of sp³-hybridized carbons (Fsp3) is 0.600. The van der Waals surface area contributed by atoms with Gasteiger partial charge in [-0.3, -0.25) is 0 Å². The lowest BCUT2D eigenvalue weighted by Gasteiger charge is -2.39. The molecule has 146 valence electrons. The van der Waals surface area contributed by atoms with Gasteiger partial charge in [-0.05, 0) is 76.9 Å². The molecule has 0 fully saturated rings. The second-order valence-corrected chi connectivity index (χ2v) is 8.31. The molecule has 1 atom stereocenters. The summed E-state index contributed by atoms with van der Waals surface area (Å²) < 4.78 is 0. The molecule has 0 saturated heterocycles. The summed E-state index contributed by atoms with van der Waals surface area (Å²) >= 11 is 0. The van der Waals surface area contributed by atoms with Gasteiger partial charge in [0.2, 0.25) is 0 Å². The minimum atomic E-state index is 0.436. The lowest BCUT2D eigenvalue weighted by molar-refractivity contribution is 0.182. The minimum absolute atomic E-state index is 0.436. The first-order valence-electron chi connectivity index (χ1n) is 10.4. The van der Waals surface area contributed by atoms with Crippen LogP contribution in [0.25, 0.3) is 0 Å². The quantitative estimate of drug-likeness (QED) is 0.397. The molecular formula is C25H41N. The third kappa shape index (κ3) is 6.04. The molecule has 0 radical (unpaired) electrons. The van der Waals surface area contributed by atoms with Crippen LogP contribution in [0, 0.1) is 11.3 Å². The molecule has 0 amide bonds. The zero-order valence-electron chi connectivity index (χ0n) is 18.5. The standard InChI is InChI=1S/C25H41N/c1-9-13-22(10-2)26(23(11-3)17-14-20(5)6)24-18-15-21(16-19-24)25(7,8)12-4/h9-10,13-14,17-18,21H,11-12,15-16,19H2,1-8H3/b13-9-,22-10+,23-17+. The van der Waals surface area contributed by atoms with Crippen LogP contribution in [0.4, 0.5) is 0 Å². The highest BCUT2D eigenvalue weighted by molar-refractivity contribution is 5.32. The van der Waals surface area contributed by atoms with E-state index in [1.54, 1.807) is 0 Å². The predicted molar refractivity (Wildman–Crippen MR) is 118 cm³/mol.